The molecule has 1 fully saturated rings. The lowest BCUT2D eigenvalue weighted by Crippen LogP contribution is -2.57. The van der Waals surface area contributed by atoms with E-state index in [1.807, 2.05) is 7.05 Å². The molecule has 0 saturated carbocycles. The number of pyridine rings is 1. The monoisotopic (exact) mass is 225 g/mol. The molecule has 1 amide bonds. The molecule has 1 aromatic rings. The Morgan fingerprint density at radius 3 is 2.87 bits per heavy atom. The van der Waals surface area contributed by atoms with Gasteiger partial charge < -0.3 is 10.2 Å². The maximum atomic E-state index is 11.7. The number of amides is 1. The fraction of sp³-hybridized carbons (Fsp3) is 0.400. The van der Waals surface area contributed by atoms with Gasteiger partial charge in [0.2, 0.25) is 0 Å². The van der Waals surface area contributed by atoms with Crippen LogP contribution in [0.1, 0.15) is 10.4 Å². The predicted molar refractivity (Wildman–Crippen MR) is 58.0 cm³/mol. The molecule has 0 aromatic carbocycles. The van der Waals surface area contributed by atoms with E-state index < -0.39 is 0 Å². The van der Waals surface area contributed by atoms with Crippen LogP contribution in [0.5, 0.6) is 0 Å². The number of nitrogens with zero attached hydrogens (tertiary/aromatic N) is 2. The summed E-state index contributed by atoms with van der Waals surface area (Å²) >= 11 is 5.63. The minimum absolute atomic E-state index is 0.0859. The Hall–Kier alpha value is -1.13. The van der Waals surface area contributed by atoms with Gasteiger partial charge in [-0.2, -0.15) is 0 Å². The summed E-state index contributed by atoms with van der Waals surface area (Å²) in [5, 5.41) is 3.32. The van der Waals surface area contributed by atoms with Crippen molar-refractivity contribution in [2.75, 3.05) is 20.1 Å². The van der Waals surface area contributed by atoms with Gasteiger partial charge in [-0.1, -0.05) is 11.6 Å². The number of nitrogens with one attached hydrogen (secondary N) is 1. The summed E-state index contributed by atoms with van der Waals surface area (Å²) in [5.74, 6) is -0.0859. The average molecular weight is 226 g/mol. The molecule has 2 heterocycles. The maximum absolute atomic E-state index is 11.7. The topological polar surface area (TPSA) is 45.2 Å². The minimum atomic E-state index is -0.0859. The number of likely N-dealkylation sites (tertiary alicyclic amines) is 1. The first-order valence-electron chi connectivity index (χ1n) is 4.76. The number of carbonyl (C=O) groups is 1. The third kappa shape index (κ3) is 2.46. The van der Waals surface area contributed by atoms with Crippen LogP contribution in [0, 0.1) is 0 Å². The van der Waals surface area contributed by atoms with Crippen molar-refractivity contribution in [3.63, 3.8) is 0 Å². The average Bonchev–Trinajstić information content (AvgIpc) is 2.16. The first kappa shape index (κ1) is 10.4. The standard InChI is InChI=1S/C10H12ClN3O/c1-14-5-8(6-14)13-10(15)7-2-3-9(11)12-4-7/h2-4,8H,5-6H2,1H3,(H,13,15). The van der Waals surface area contributed by atoms with Gasteiger partial charge in [0, 0.05) is 19.3 Å². The quantitative estimate of drug-likeness (QED) is 0.757. The molecule has 0 radical (unpaired) electrons. The summed E-state index contributed by atoms with van der Waals surface area (Å²) < 4.78 is 0. The smallest absolute Gasteiger partial charge is 0.253 e. The molecule has 1 aliphatic rings. The fourth-order valence-corrected chi connectivity index (χ4v) is 1.68. The van der Waals surface area contributed by atoms with Crippen LogP contribution in [0.25, 0.3) is 0 Å². The number of likely N-dealkylation sites (N-methyl/N-ethyl adjacent to an activating group) is 1. The van der Waals surface area contributed by atoms with Crippen molar-refractivity contribution in [3.8, 4) is 0 Å². The molecular formula is C10H12ClN3O. The van der Waals surface area contributed by atoms with Gasteiger partial charge in [-0.25, -0.2) is 4.98 Å². The second-order valence-electron chi connectivity index (χ2n) is 3.76. The van der Waals surface area contributed by atoms with Crippen LogP contribution < -0.4 is 5.32 Å². The lowest BCUT2D eigenvalue weighted by molar-refractivity contribution is 0.0857. The molecule has 2 rings (SSSR count). The summed E-state index contributed by atoms with van der Waals surface area (Å²) in [6.45, 7) is 1.82. The van der Waals surface area contributed by atoms with E-state index in [-0.39, 0.29) is 11.9 Å². The van der Waals surface area contributed by atoms with Crippen LogP contribution in [0.2, 0.25) is 5.15 Å². The third-order valence-electron chi connectivity index (χ3n) is 2.39. The Balaban J connectivity index is 1.93. The maximum Gasteiger partial charge on any atom is 0.253 e. The van der Waals surface area contributed by atoms with Gasteiger partial charge >= 0.3 is 0 Å². The van der Waals surface area contributed by atoms with Crippen molar-refractivity contribution in [1.29, 1.82) is 0 Å². The van der Waals surface area contributed by atoms with Crippen molar-refractivity contribution >= 4 is 17.5 Å². The Labute approximate surface area is 93.2 Å². The number of carbonyl (C=O) groups excluding carboxylic acids is 1. The molecule has 1 aromatic heterocycles. The Bertz CT molecular complexity index is 359. The van der Waals surface area contributed by atoms with Gasteiger partial charge in [0.05, 0.1) is 11.6 Å². The number of hydrogen-bond acceptors (Lipinski definition) is 3. The molecular weight excluding hydrogens is 214 g/mol. The van der Waals surface area contributed by atoms with E-state index in [4.69, 9.17) is 11.6 Å². The second-order valence-corrected chi connectivity index (χ2v) is 4.15. The Morgan fingerprint density at radius 2 is 2.33 bits per heavy atom. The van der Waals surface area contributed by atoms with E-state index in [1.165, 1.54) is 6.20 Å². The van der Waals surface area contributed by atoms with E-state index in [9.17, 15) is 4.79 Å². The molecule has 1 saturated heterocycles. The van der Waals surface area contributed by atoms with Crippen molar-refractivity contribution in [2.45, 2.75) is 6.04 Å². The zero-order valence-electron chi connectivity index (χ0n) is 8.40. The molecule has 5 heteroatoms. The molecule has 1 aliphatic heterocycles. The summed E-state index contributed by atoms with van der Waals surface area (Å²) in [7, 11) is 2.02. The van der Waals surface area contributed by atoms with Gasteiger partial charge in [-0.05, 0) is 19.2 Å². The molecule has 0 atom stereocenters. The lowest BCUT2D eigenvalue weighted by Gasteiger charge is -2.36. The van der Waals surface area contributed by atoms with Crippen LogP contribution in [0.15, 0.2) is 18.3 Å². The molecule has 0 spiro atoms. The Morgan fingerprint density at radius 1 is 1.60 bits per heavy atom. The first-order valence-corrected chi connectivity index (χ1v) is 5.14. The molecule has 80 valence electrons. The summed E-state index contributed by atoms with van der Waals surface area (Å²) in [4.78, 5) is 17.7. The lowest BCUT2D eigenvalue weighted by atomic mass is 10.1. The van der Waals surface area contributed by atoms with Crippen molar-refractivity contribution in [1.82, 2.24) is 15.2 Å². The van der Waals surface area contributed by atoms with Crippen molar-refractivity contribution in [2.24, 2.45) is 0 Å². The van der Waals surface area contributed by atoms with Gasteiger partial charge in [-0.15, -0.1) is 0 Å². The summed E-state index contributed by atoms with van der Waals surface area (Å²) in [6.07, 6.45) is 1.49. The van der Waals surface area contributed by atoms with Gasteiger partial charge in [0.25, 0.3) is 5.91 Å². The number of halogens is 1. The second kappa shape index (κ2) is 4.16. The molecule has 4 nitrogen and oxygen atoms in total. The van der Waals surface area contributed by atoms with E-state index in [1.54, 1.807) is 12.1 Å². The molecule has 0 bridgehead atoms. The Kier molecular flexibility index (Phi) is 2.88. The number of hydrogen-bond donors (Lipinski definition) is 1. The highest BCUT2D eigenvalue weighted by molar-refractivity contribution is 6.29. The van der Waals surface area contributed by atoms with Crippen LogP contribution in [-0.2, 0) is 0 Å². The van der Waals surface area contributed by atoms with E-state index >= 15 is 0 Å². The van der Waals surface area contributed by atoms with Crippen LogP contribution in [-0.4, -0.2) is 42.0 Å². The molecule has 1 N–H and O–H groups in total. The molecule has 0 unspecified atom stereocenters. The van der Waals surface area contributed by atoms with Gasteiger partial charge in [-0.3, -0.25) is 4.79 Å². The predicted octanol–water partition coefficient (Wildman–Crippen LogP) is 0.779. The fourth-order valence-electron chi connectivity index (χ4n) is 1.57. The van der Waals surface area contributed by atoms with Gasteiger partial charge in [0.15, 0.2) is 0 Å². The highest BCUT2D eigenvalue weighted by atomic mass is 35.5. The molecule has 0 aliphatic carbocycles. The van der Waals surface area contributed by atoms with Crippen LogP contribution >= 0.6 is 11.6 Å². The van der Waals surface area contributed by atoms with E-state index in [0.717, 1.165) is 13.1 Å². The minimum Gasteiger partial charge on any atom is -0.347 e. The zero-order valence-corrected chi connectivity index (χ0v) is 9.16. The summed E-state index contributed by atoms with van der Waals surface area (Å²) in [5.41, 5.74) is 0.550. The number of rotatable bonds is 2. The van der Waals surface area contributed by atoms with E-state index in [0.29, 0.717) is 10.7 Å². The highest BCUT2D eigenvalue weighted by Crippen LogP contribution is 2.08. The highest BCUT2D eigenvalue weighted by Gasteiger charge is 2.24. The third-order valence-corrected chi connectivity index (χ3v) is 2.61. The normalized spacial score (nSPS) is 17.2. The van der Waals surface area contributed by atoms with Crippen molar-refractivity contribution < 1.29 is 4.79 Å². The molecule has 15 heavy (non-hydrogen) atoms. The number of aromatic nitrogens is 1. The first-order chi connectivity index (χ1) is 7.15. The largest absolute Gasteiger partial charge is 0.347 e. The van der Waals surface area contributed by atoms with E-state index in [2.05, 4.69) is 15.2 Å². The SMILES string of the molecule is CN1CC(NC(=O)c2ccc(Cl)nc2)C1. The van der Waals surface area contributed by atoms with Crippen LogP contribution in [0.4, 0.5) is 0 Å². The van der Waals surface area contributed by atoms with Crippen LogP contribution in [0.3, 0.4) is 0 Å². The summed E-state index contributed by atoms with van der Waals surface area (Å²) in [6, 6.07) is 3.55. The van der Waals surface area contributed by atoms with Crippen molar-refractivity contribution in [3.05, 3.63) is 29.0 Å². The van der Waals surface area contributed by atoms with Gasteiger partial charge in [0.1, 0.15) is 5.15 Å². The zero-order chi connectivity index (χ0) is 10.8.